The number of hydrogen-bond acceptors (Lipinski definition) is 4. The molecule has 1 aliphatic heterocycles. The molecule has 1 fully saturated rings. The first-order valence-electron chi connectivity index (χ1n) is 6.07. The van der Waals surface area contributed by atoms with Crippen LogP contribution in [0.5, 0.6) is 5.75 Å². The summed E-state index contributed by atoms with van der Waals surface area (Å²) in [5.41, 5.74) is 6.59. The van der Waals surface area contributed by atoms with Gasteiger partial charge in [-0.1, -0.05) is 0 Å². The first-order valence-corrected chi connectivity index (χ1v) is 6.07. The molecule has 0 bridgehead atoms. The third-order valence-electron chi connectivity index (χ3n) is 3.53. The largest absolute Gasteiger partial charge is 0.495 e. The van der Waals surface area contributed by atoms with E-state index in [1.54, 1.807) is 13.2 Å². The average Bonchev–Trinajstić information content (AvgIpc) is 2.78. The molecule has 2 N–H and O–H groups in total. The number of rotatable bonds is 3. The third kappa shape index (κ3) is 2.36. The smallest absolute Gasteiger partial charge is 0.148 e. The van der Waals surface area contributed by atoms with E-state index in [4.69, 9.17) is 10.5 Å². The Morgan fingerprint density at radius 1 is 1.44 bits per heavy atom. The molecule has 0 aromatic heterocycles. The van der Waals surface area contributed by atoms with E-state index in [2.05, 4.69) is 4.90 Å². The van der Waals surface area contributed by atoms with E-state index in [1.165, 1.54) is 6.07 Å². The topological polar surface area (TPSA) is 41.7 Å². The zero-order valence-corrected chi connectivity index (χ0v) is 11.1. The minimum Gasteiger partial charge on any atom is -0.495 e. The van der Waals surface area contributed by atoms with E-state index in [0.717, 1.165) is 19.5 Å². The molecule has 0 aliphatic carbocycles. The summed E-state index contributed by atoms with van der Waals surface area (Å²) in [4.78, 5) is 4.22. The molecule has 0 radical (unpaired) electrons. The summed E-state index contributed by atoms with van der Waals surface area (Å²) in [7, 11) is 5.64. The number of methoxy groups -OCH3 is 1. The lowest BCUT2D eigenvalue weighted by Gasteiger charge is -2.23. The fourth-order valence-electron chi connectivity index (χ4n) is 2.36. The van der Waals surface area contributed by atoms with E-state index in [1.807, 2.05) is 19.0 Å². The molecule has 0 spiro atoms. The second-order valence-electron chi connectivity index (χ2n) is 4.90. The van der Waals surface area contributed by atoms with Gasteiger partial charge in [0.2, 0.25) is 0 Å². The zero-order chi connectivity index (χ0) is 13.3. The van der Waals surface area contributed by atoms with E-state index >= 15 is 0 Å². The van der Waals surface area contributed by atoms with Crippen LogP contribution >= 0.6 is 0 Å². The van der Waals surface area contributed by atoms with Gasteiger partial charge in [-0.2, -0.15) is 0 Å². The second kappa shape index (κ2) is 5.02. The lowest BCUT2D eigenvalue weighted by molar-refractivity contribution is 0.315. The van der Waals surface area contributed by atoms with Gasteiger partial charge < -0.3 is 20.3 Å². The quantitative estimate of drug-likeness (QED) is 0.830. The Hall–Kier alpha value is -1.49. The first kappa shape index (κ1) is 13.0. The number of anilines is 2. The van der Waals surface area contributed by atoms with Gasteiger partial charge in [-0.05, 0) is 20.5 Å². The molecule has 100 valence electrons. The molecule has 1 unspecified atom stereocenters. The molecule has 0 saturated carbocycles. The number of hydrogen-bond donors (Lipinski definition) is 1. The van der Waals surface area contributed by atoms with Crippen LogP contribution in [-0.2, 0) is 0 Å². The van der Waals surface area contributed by atoms with E-state index < -0.39 is 0 Å². The number of halogens is 1. The van der Waals surface area contributed by atoms with Crippen LogP contribution < -0.4 is 15.4 Å². The van der Waals surface area contributed by atoms with Gasteiger partial charge in [-0.25, -0.2) is 4.39 Å². The minimum absolute atomic E-state index is 0.285. The predicted octanol–water partition coefficient (Wildman–Crippen LogP) is 1.56. The van der Waals surface area contributed by atoms with Crippen LogP contribution in [0.1, 0.15) is 6.42 Å². The normalized spacial score (nSPS) is 19.6. The number of nitrogens with zero attached hydrogens (tertiary/aromatic N) is 2. The highest BCUT2D eigenvalue weighted by molar-refractivity contribution is 5.63. The molecule has 4 nitrogen and oxygen atoms in total. The lowest BCUT2D eigenvalue weighted by atomic mass is 10.2. The number of nitrogen functional groups attached to an aromatic ring is 1. The molecule has 1 aromatic carbocycles. The van der Waals surface area contributed by atoms with Gasteiger partial charge in [-0.15, -0.1) is 0 Å². The SMILES string of the molecule is COc1cc(N2CCC(N(C)C)C2)c(F)cc1N. The van der Waals surface area contributed by atoms with Crippen LogP contribution in [0, 0.1) is 5.82 Å². The van der Waals surface area contributed by atoms with Crippen molar-refractivity contribution in [2.45, 2.75) is 12.5 Å². The molecule has 2 rings (SSSR count). The van der Waals surface area contributed by atoms with E-state index in [0.29, 0.717) is 23.2 Å². The van der Waals surface area contributed by atoms with Crippen molar-refractivity contribution in [3.8, 4) is 5.75 Å². The molecular weight excluding hydrogens is 233 g/mol. The molecule has 1 atom stereocenters. The van der Waals surface area contributed by atoms with Crippen molar-refractivity contribution in [1.29, 1.82) is 0 Å². The van der Waals surface area contributed by atoms with Crippen molar-refractivity contribution in [1.82, 2.24) is 4.90 Å². The van der Waals surface area contributed by atoms with Crippen LogP contribution in [0.3, 0.4) is 0 Å². The number of nitrogens with two attached hydrogens (primary N) is 1. The second-order valence-corrected chi connectivity index (χ2v) is 4.90. The van der Waals surface area contributed by atoms with Gasteiger partial charge in [0.25, 0.3) is 0 Å². The maximum atomic E-state index is 14.0. The Kier molecular flexibility index (Phi) is 3.61. The first-order chi connectivity index (χ1) is 8.52. The summed E-state index contributed by atoms with van der Waals surface area (Å²) < 4.78 is 19.1. The van der Waals surface area contributed by atoms with Crippen molar-refractivity contribution in [3.05, 3.63) is 17.9 Å². The van der Waals surface area contributed by atoms with Crippen molar-refractivity contribution >= 4 is 11.4 Å². The highest BCUT2D eigenvalue weighted by atomic mass is 19.1. The molecule has 5 heteroatoms. The van der Waals surface area contributed by atoms with Gasteiger partial charge in [0.15, 0.2) is 0 Å². The summed E-state index contributed by atoms with van der Waals surface area (Å²) in [6.07, 6.45) is 1.04. The summed E-state index contributed by atoms with van der Waals surface area (Å²) in [6, 6.07) is 3.48. The number of ether oxygens (including phenoxy) is 1. The monoisotopic (exact) mass is 253 g/mol. The van der Waals surface area contributed by atoms with Gasteiger partial charge in [-0.3, -0.25) is 0 Å². The maximum absolute atomic E-state index is 14.0. The Balaban J connectivity index is 2.24. The summed E-state index contributed by atoms with van der Waals surface area (Å²) in [5, 5.41) is 0. The van der Waals surface area contributed by atoms with Crippen LogP contribution in [0.2, 0.25) is 0 Å². The summed E-state index contributed by atoms with van der Waals surface area (Å²) in [5.74, 6) is 0.243. The Morgan fingerprint density at radius 3 is 2.72 bits per heavy atom. The highest BCUT2D eigenvalue weighted by Crippen LogP contribution is 2.32. The average molecular weight is 253 g/mol. The fraction of sp³-hybridized carbons (Fsp3) is 0.538. The zero-order valence-electron chi connectivity index (χ0n) is 11.1. The molecule has 1 aliphatic rings. The van der Waals surface area contributed by atoms with E-state index in [-0.39, 0.29) is 5.82 Å². The van der Waals surface area contributed by atoms with Crippen molar-refractivity contribution in [2.24, 2.45) is 0 Å². The van der Waals surface area contributed by atoms with Gasteiger partial charge in [0, 0.05) is 31.3 Å². The highest BCUT2D eigenvalue weighted by Gasteiger charge is 2.26. The summed E-state index contributed by atoms with van der Waals surface area (Å²) in [6.45, 7) is 1.68. The standard InChI is InChI=1S/C13H20FN3O/c1-16(2)9-4-5-17(8-9)12-7-13(18-3)11(15)6-10(12)14/h6-7,9H,4-5,8,15H2,1-3H3. The lowest BCUT2D eigenvalue weighted by Crippen LogP contribution is -2.31. The third-order valence-corrected chi connectivity index (χ3v) is 3.53. The molecule has 1 saturated heterocycles. The number of benzene rings is 1. The minimum atomic E-state index is -0.285. The van der Waals surface area contributed by atoms with Crippen LogP contribution in [0.15, 0.2) is 12.1 Å². The Bertz CT molecular complexity index is 436. The van der Waals surface area contributed by atoms with Gasteiger partial charge in [0.1, 0.15) is 11.6 Å². The number of likely N-dealkylation sites (N-methyl/N-ethyl adjacent to an activating group) is 1. The van der Waals surface area contributed by atoms with Gasteiger partial charge >= 0.3 is 0 Å². The fourth-order valence-corrected chi connectivity index (χ4v) is 2.36. The Morgan fingerprint density at radius 2 is 2.17 bits per heavy atom. The summed E-state index contributed by atoms with van der Waals surface area (Å²) >= 11 is 0. The molecule has 1 heterocycles. The van der Waals surface area contributed by atoms with Crippen LogP contribution in [0.25, 0.3) is 0 Å². The molecular formula is C13H20FN3O. The molecule has 18 heavy (non-hydrogen) atoms. The van der Waals surface area contributed by atoms with Crippen LogP contribution in [-0.4, -0.2) is 45.2 Å². The Labute approximate surface area is 107 Å². The molecule has 1 aromatic rings. The van der Waals surface area contributed by atoms with Crippen molar-refractivity contribution in [2.75, 3.05) is 44.9 Å². The van der Waals surface area contributed by atoms with Crippen LogP contribution in [0.4, 0.5) is 15.8 Å². The molecule has 0 amide bonds. The maximum Gasteiger partial charge on any atom is 0.148 e. The predicted molar refractivity (Wildman–Crippen MR) is 71.7 cm³/mol. The van der Waals surface area contributed by atoms with E-state index in [9.17, 15) is 4.39 Å². The van der Waals surface area contributed by atoms with Gasteiger partial charge in [0.05, 0.1) is 18.5 Å². The van der Waals surface area contributed by atoms with Crippen molar-refractivity contribution < 1.29 is 9.13 Å². The van der Waals surface area contributed by atoms with Crippen molar-refractivity contribution in [3.63, 3.8) is 0 Å².